The van der Waals surface area contributed by atoms with Crippen molar-refractivity contribution in [3.8, 4) is 0 Å². The van der Waals surface area contributed by atoms with Gasteiger partial charge in [-0.3, -0.25) is 0 Å². The summed E-state index contributed by atoms with van der Waals surface area (Å²) >= 11 is 4.18. The third-order valence-electron chi connectivity index (χ3n) is 2.26. The van der Waals surface area contributed by atoms with Gasteiger partial charge in [-0.2, -0.15) is 0 Å². The Morgan fingerprint density at radius 1 is 1.23 bits per heavy atom. The van der Waals surface area contributed by atoms with Crippen molar-refractivity contribution >= 4 is 23.5 Å². The molecule has 70 valence electrons. The van der Waals surface area contributed by atoms with Gasteiger partial charge >= 0.3 is 0 Å². The summed E-state index contributed by atoms with van der Waals surface area (Å²) < 4.78 is 0.763. The summed E-state index contributed by atoms with van der Waals surface area (Å²) in [4.78, 5) is 0. The maximum Gasteiger partial charge on any atom is 0.0480 e. The van der Waals surface area contributed by atoms with Gasteiger partial charge in [0.2, 0.25) is 0 Å². The molecule has 2 unspecified atom stereocenters. The summed E-state index contributed by atoms with van der Waals surface area (Å²) in [5, 5.41) is 0.734. The van der Waals surface area contributed by atoms with Gasteiger partial charge in [0.05, 0.1) is 0 Å². The Morgan fingerprint density at radius 3 is 2.69 bits per heavy atom. The Balaban J connectivity index is 2.08. The van der Waals surface area contributed by atoms with Gasteiger partial charge in [-0.15, -0.1) is 23.5 Å². The first kappa shape index (κ1) is 9.47. The minimum absolute atomic E-state index is 0.734. The zero-order chi connectivity index (χ0) is 9.10. The molecule has 1 aliphatic rings. The largest absolute Gasteiger partial charge is 0.148 e. The van der Waals surface area contributed by atoms with Crippen LogP contribution in [-0.2, 0) is 0 Å². The topological polar surface area (TPSA) is 0 Å². The smallest absolute Gasteiger partial charge is 0.0480 e. The number of hydrogen-bond acceptors (Lipinski definition) is 2. The molecule has 1 fully saturated rings. The van der Waals surface area contributed by atoms with E-state index in [1.165, 1.54) is 17.7 Å². The molecule has 0 radical (unpaired) electrons. The second-order valence-electron chi connectivity index (χ2n) is 3.26. The van der Waals surface area contributed by atoms with Crippen LogP contribution in [-0.4, -0.2) is 10.3 Å². The highest BCUT2D eigenvalue weighted by molar-refractivity contribution is 8.17. The minimum atomic E-state index is 0.734. The number of hydrogen-bond donors (Lipinski definition) is 0. The molecule has 1 aromatic carbocycles. The summed E-state index contributed by atoms with van der Waals surface area (Å²) in [6, 6.07) is 10.9. The maximum atomic E-state index is 2.31. The van der Waals surface area contributed by atoms with Gasteiger partial charge < -0.3 is 0 Å². The van der Waals surface area contributed by atoms with Gasteiger partial charge in [0.25, 0.3) is 0 Å². The molecule has 0 amide bonds. The molecular weight excluding hydrogens is 196 g/mol. The molecule has 1 aliphatic heterocycles. The van der Waals surface area contributed by atoms with Gasteiger partial charge in [0, 0.05) is 9.83 Å². The molecule has 0 saturated carbocycles. The fourth-order valence-electron chi connectivity index (χ4n) is 1.59. The van der Waals surface area contributed by atoms with E-state index in [9.17, 15) is 0 Å². The maximum absolute atomic E-state index is 2.31. The first-order valence-electron chi connectivity index (χ1n) is 4.68. The summed E-state index contributed by atoms with van der Waals surface area (Å²) in [5.74, 6) is 1.31. The molecule has 0 N–H and O–H groups in total. The average Bonchev–Trinajstić information content (AvgIpc) is 2.19. The molecule has 2 atom stereocenters. The van der Waals surface area contributed by atoms with E-state index in [1.807, 2.05) is 0 Å². The van der Waals surface area contributed by atoms with Crippen molar-refractivity contribution in [3.05, 3.63) is 35.9 Å². The summed E-state index contributed by atoms with van der Waals surface area (Å²) in [6.07, 6.45) is 1.32. The van der Waals surface area contributed by atoms with Crippen molar-refractivity contribution in [2.24, 2.45) is 0 Å². The predicted molar refractivity (Wildman–Crippen MR) is 63.3 cm³/mol. The highest BCUT2D eigenvalue weighted by Gasteiger charge is 2.20. The van der Waals surface area contributed by atoms with Gasteiger partial charge in [0.1, 0.15) is 0 Å². The van der Waals surface area contributed by atoms with Gasteiger partial charge in [-0.1, -0.05) is 30.3 Å². The Hall–Kier alpha value is -0.0800. The lowest BCUT2D eigenvalue weighted by Crippen LogP contribution is -2.07. The van der Waals surface area contributed by atoms with E-state index in [1.54, 1.807) is 0 Å². The van der Waals surface area contributed by atoms with E-state index in [4.69, 9.17) is 0 Å². The highest BCUT2D eigenvalue weighted by Crippen LogP contribution is 2.44. The molecule has 0 aromatic heterocycles. The van der Waals surface area contributed by atoms with E-state index in [0.29, 0.717) is 0 Å². The molecule has 0 nitrogen and oxygen atoms in total. The fourth-order valence-corrected chi connectivity index (χ4v) is 4.48. The van der Waals surface area contributed by atoms with Gasteiger partial charge in [0.15, 0.2) is 0 Å². The Bertz CT molecular complexity index is 258. The van der Waals surface area contributed by atoms with Crippen LogP contribution in [0.3, 0.4) is 0 Å². The van der Waals surface area contributed by atoms with E-state index in [0.717, 1.165) is 9.83 Å². The van der Waals surface area contributed by atoms with Gasteiger partial charge in [-0.25, -0.2) is 0 Å². The third kappa shape index (κ3) is 2.44. The third-order valence-corrected chi connectivity index (χ3v) is 5.16. The fraction of sp³-hybridized carbons (Fsp3) is 0.455. The number of rotatable bonds is 1. The molecule has 1 heterocycles. The minimum Gasteiger partial charge on any atom is -0.148 e. The normalized spacial score (nSPS) is 28.7. The van der Waals surface area contributed by atoms with Crippen LogP contribution in [0.5, 0.6) is 0 Å². The quantitative estimate of drug-likeness (QED) is 0.688. The molecule has 0 aliphatic carbocycles. The Labute approximate surface area is 88.5 Å². The van der Waals surface area contributed by atoms with Crippen LogP contribution in [0.4, 0.5) is 0 Å². The molecular formula is C11H14S2. The van der Waals surface area contributed by atoms with Crippen LogP contribution in [0.15, 0.2) is 30.3 Å². The van der Waals surface area contributed by atoms with Crippen LogP contribution < -0.4 is 0 Å². The van der Waals surface area contributed by atoms with E-state index >= 15 is 0 Å². The summed E-state index contributed by atoms with van der Waals surface area (Å²) in [6.45, 7) is 2.31. The molecule has 13 heavy (non-hydrogen) atoms. The summed E-state index contributed by atoms with van der Waals surface area (Å²) in [7, 11) is 0. The Morgan fingerprint density at radius 2 is 2.00 bits per heavy atom. The molecule has 2 rings (SSSR count). The summed E-state index contributed by atoms with van der Waals surface area (Å²) in [5.41, 5.74) is 1.50. The second kappa shape index (κ2) is 4.43. The monoisotopic (exact) mass is 210 g/mol. The first-order valence-corrected chi connectivity index (χ1v) is 6.67. The van der Waals surface area contributed by atoms with E-state index in [2.05, 4.69) is 60.8 Å². The van der Waals surface area contributed by atoms with Crippen molar-refractivity contribution in [2.75, 3.05) is 5.75 Å². The molecule has 0 spiro atoms. The zero-order valence-electron chi connectivity index (χ0n) is 7.77. The van der Waals surface area contributed by atoms with Crippen LogP contribution in [0.2, 0.25) is 0 Å². The predicted octanol–water partition coefficient (Wildman–Crippen LogP) is 3.94. The van der Waals surface area contributed by atoms with Crippen LogP contribution >= 0.6 is 23.5 Å². The van der Waals surface area contributed by atoms with Crippen LogP contribution in [0.1, 0.15) is 24.2 Å². The first-order chi connectivity index (χ1) is 6.36. The standard InChI is InChI=1S/C11H14S2/c1-9-12-8-7-11(13-9)10-5-3-2-4-6-10/h2-6,9,11H,7-8H2,1H3. The van der Waals surface area contributed by atoms with Gasteiger partial charge in [-0.05, 0) is 24.7 Å². The highest BCUT2D eigenvalue weighted by atomic mass is 32.2. The average molecular weight is 210 g/mol. The zero-order valence-corrected chi connectivity index (χ0v) is 9.41. The van der Waals surface area contributed by atoms with E-state index in [-0.39, 0.29) is 0 Å². The van der Waals surface area contributed by atoms with Crippen molar-refractivity contribution in [2.45, 2.75) is 23.2 Å². The second-order valence-corrected chi connectivity index (χ2v) is 6.56. The number of benzene rings is 1. The van der Waals surface area contributed by atoms with Crippen molar-refractivity contribution in [1.82, 2.24) is 0 Å². The van der Waals surface area contributed by atoms with Crippen molar-refractivity contribution < 1.29 is 0 Å². The van der Waals surface area contributed by atoms with Crippen molar-refractivity contribution in [1.29, 1.82) is 0 Å². The molecule has 0 bridgehead atoms. The SMILES string of the molecule is CC1SCCC(c2ccccc2)S1. The molecule has 2 heteroatoms. The lowest BCUT2D eigenvalue weighted by atomic mass is 10.1. The lowest BCUT2D eigenvalue weighted by molar-refractivity contribution is 0.894. The Kier molecular flexibility index (Phi) is 3.23. The molecule has 1 saturated heterocycles. The van der Waals surface area contributed by atoms with Crippen LogP contribution in [0.25, 0.3) is 0 Å². The molecule has 1 aromatic rings. The van der Waals surface area contributed by atoms with Crippen LogP contribution in [0, 0.1) is 0 Å². The van der Waals surface area contributed by atoms with Crippen molar-refractivity contribution in [3.63, 3.8) is 0 Å². The lowest BCUT2D eigenvalue weighted by Gasteiger charge is -2.26. The number of thioether (sulfide) groups is 2. The van der Waals surface area contributed by atoms with E-state index < -0.39 is 0 Å².